The number of halogens is 1. The molecule has 0 aliphatic carbocycles. The summed E-state index contributed by atoms with van der Waals surface area (Å²) >= 11 is 0. The Morgan fingerprint density at radius 1 is 1.58 bits per heavy atom. The lowest BCUT2D eigenvalue weighted by Crippen LogP contribution is -2.40. The largest absolute Gasteiger partial charge is 0.388 e. The molecule has 1 aromatic rings. The summed E-state index contributed by atoms with van der Waals surface area (Å²) in [5.74, 6) is -1.53. The van der Waals surface area contributed by atoms with Gasteiger partial charge < -0.3 is 10.4 Å². The second-order valence-electron chi connectivity index (χ2n) is 4.45. The van der Waals surface area contributed by atoms with Crippen molar-refractivity contribution >= 4 is 11.6 Å². The van der Waals surface area contributed by atoms with E-state index in [0.717, 1.165) is 18.2 Å². The molecule has 19 heavy (non-hydrogen) atoms. The Morgan fingerprint density at radius 3 is 2.74 bits per heavy atom. The van der Waals surface area contributed by atoms with E-state index in [2.05, 4.69) is 5.32 Å². The highest BCUT2D eigenvalue weighted by molar-refractivity contribution is 5.98. The highest BCUT2D eigenvalue weighted by Gasteiger charge is 2.24. The monoisotopic (exact) mass is 270 g/mol. The lowest BCUT2D eigenvalue weighted by Gasteiger charge is -2.21. The molecule has 7 heteroatoms. The van der Waals surface area contributed by atoms with Gasteiger partial charge in [-0.2, -0.15) is 0 Å². The number of benzene rings is 1. The summed E-state index contributed by atoms with van der Waals surface area (Å²) in [6.07, 6.45) is 0.401. The molecule has 0 radical (unpaired) electrons. The molecule has 0 aliphatic heterocycles. The summed E-state index contributed by atoms with van der Waals surface area (Å²) < 4.78 is 13.1. The molecule has 0 aliphatic rings. The third-order valence-corrected chi connectivity index (χ3v) is 2.79. The number of rotatable bonds is 5. The molecule has 104 valence electrons. The van der Waals surface area contributed by atoms with E-state index in [1.54, 1.807) is 6.92 Å². The quantitative estimate of drug-likeness (QED) is 0.628. The predicted octanol–water partition coefficient (Wildman–Crippen LogP) is 1.62. The number of nitrogens with one attached hydrogen (secondary N) is 1. The molecule has 0 saturated heterocycles. The van der Waals surface area contributed by atoms with Crippen molar-refractivity contribution in [3.63, 3.8) is 0 Å². The minimum Gasteiger partial charge on any atom is -0.388 e. The van der Waals surface area contributed by atoms with Gasteiger partial charge in [-0.05, 0) is 25.5 Å². The second-order valence-corrected chi connectivity index (χ2v) is 4.45. The molecule has 0 fully saturated rings. The fraction of sp³-hybridized carbons (Fsp3) is 0.417. The Labute approximate surface area is 109 Å². The van der Waals surface area contributed by atoms with E-state index in [9.17, 15) is 24.4 Å². The van der Waals surface area contributed by atoms with Crippen molar-refractivity contribution < 1.29 is 19.2 Å². The molecule has 0 spiro atoms. The number of hydrogen-bond acceptors (Lipinski definition) is 4. The van der Waals surface area contributed by atoms with E-state index < -0.39 is 27.9 Å². The van der Waals surface area contributed by atoms with E-state index in [-0.39, 0.29) is 12.1 Å². The number of nitro groups is 1. The van der Waals surface area contributed by atoms with Crippen LogP contribution in [-0.4, -0.2) is 28.1 Å². The zero-order valence-corrected chi connectivity index (χ0v) is 10.6. The molecule has 1 rings (SSSR count). The molecule has 1 unspecified atom stereocenters. The fourth-order valence-corrected chi connectivity index (χ4v) is 1.34. The molecule has 1 amide bonds. The van der Waals surface area contributed by atoms with Gasteiger partial charge in [0, 0.05) is 12.6 Å². The first-order valence-corrected chi connectivity index (χ1v) is 5.71. The van der Waals surface area contributed by atoms with Crippen LogP contribution in [0.25, 0.3) is 0 Å². The number of aliphatic hydroxyl groups is 1. The summed E-state index contributed by atoms with van der Waals surface area (Å²) in [6.45, 7) is 3.18. The molecule has 6 nitrogen and oxygen atoms in total. The third-order valence-electron chi connectivity index (χ3n) is 2.79. The van der Waals surface area contributed by atoms with Crippen molar-refractivity contribution in [3.05, 3.63) is 39.7 Å². The van der Waals surface area contributed by atoms with Crippen LogP contribution in [0.5, 0.6) is 0 Å². The highest BCUT2D eigenvalue weighted by Crippen LogP contribution is 2.19. The van der Waals surface area contributed by atoms with Gasteiger partial charge in [0.1, 0.15) is 11.4 Å². The summed E-state index contributed by atoms with van der Waals surface area (Å²) in [7, 11) is 0. The van der Waals surface area contributed by atoms with Crippen LogP contribution >= 0.6 is 0 Å². The molecular formula is C12H15FN2O4. The first-order chi connectivity index (χ1) is 8.76. The number of carbonyl (C=O) groups excluding carboxylic acids is 1. The SMILES string of the molecule is CCC(C)(O)CNC(=O)c1cc(F)ccc1[N+](=O)[O-]. The first-order valence-electron chi connectivity index (χ1n) is 5.71. The normalized spacial score (nSPS) is 13.7. The number of nitro benzene ring substituents is 1. The van der Waals surface area contributed by atoms with E-state index in [4.69, 9.17) is 0 Å². The van der Waals surface area contributed by atoms with Crippen molar-refractivity contribution in [1.82, 2.24) is 5.32 Å². The average molecular weight is 270 g/mol. The number of hydrogen-bond donors (Lipinski definition) is 2. The van der Waals surface area contributed by atoms with Gasteiger partial charge in [-0.1, -0.05) is 6.92 Å². The van der Waals surface area contributed by atoms with Gasteiger partial charge in [-0.3, -0.25) is 14.9 Å². The predicted molar refractivity (Wildman–Crippen MR) is 66.3 cm³/mol. The molecule has 2 N–H and O–H groups in total. The minimum atomic E-state index is -1.11. The lowest BCUT2D eigenvalue weighted by molar-refractivity contribution is -0.385. The molecule has 0 saturated carbocycles. The Hall–Kier alpha value is -2.02. The summed E-state index contributed by atoms with van der Waals surface area (Å²) in [6, 6.07) is 2.65. The van der Waals surface area contributed by atoms with Crippen LogP contribution in [0.4, 0.5) is 10.1 Å². The lowest BCUT2D eigenvalue weighted by atomic mass is 10.0. The Kier molecular flexibility index (Phi) is 4.55. The third kappa shape index (κ3) is 3.99. The van der Waals surface area contributed by atoms with Crippen LogP contribution in [0.2, 0.25) is 0 Å². The van der Waals surface area contributed by atoms with Crippen LogP contribution in [0, 0.1) is 15.9 Å². The summed E-state index contributed by atoms with van der Waals surface area (Å²) in [4.78, 5) is 21.8. The average Bonchev–Trinajstić information content (AvgIpc) is 2.35. The minimum absolute atomic E-state index is 0.0734. The maximum absolute atomic E-state index is 13.1. The Balaban J connectivity index is 2.93. The zero-order chi connectivity index (χ0) is 14.6. The van der Waals surface area contributed by atoms with E-state index in [1.807, 2.05) is 0 Å². The Bertz CT molecular complexity index is 503. The van der Waals surface area contributed by atoms with E-state index in [1.165, 1.54) is 6.92 Å². The van der Waals surface area contributed by atoms with Gasteiger partial charge in [0.15, 0.2) is 0 Å². The van der Waals surface area contributed by atoms with Crippen LogP contribution in [0.15, 0.2) is 18.2 Å². The molecule has 1 atom stereocenters. The summed E-state index contributed by atoms with van der Waals surface area (Å²) in [5, 5.41) is 22.8. The van der Waals surface area contributed by atoms with Crippen molar-refractivity contribution in [3.8, 4) is 0 Å². The zero-order valence-electron chi connectivity index (χ0n) is 10.6. The van der Waals surface area contributed by atoms with Gasteiger partial charge in [0.05, 0.1) is 10.5 Å². The topological polar surface area (TPSA) is 92.5 Å². The maximum atomic E-state index is 13.1. The van der Waals surface area contributed by atoms with Crippen LogP contribution in [-0.2, 0) is 0 Å². The van der Waals surface area contributed by atoms with Gasteiger partial charge in [-0.15, -0.1) is 0 Å². The van der Waals surface area contributed by atoms with Crippen LogP contribution in [0.1, 0.15) is 30.6 Å². The second kappa shape index (κ2) is 5.75. The van der Waals surface area contributed by atoms with Gasteiger partial charge >= 0.3 is 0 Å². The first kappa shape index (κ1) is 15.0. The summed E-state index contributed by atoms with van der Waals surface area (Å²) in [5.41, 5.74) is -1.95. The fourth-order valence-electron chi connectivity index (χ4n) is 1.34. The number of carbonyl (C=O) groups is 1. The van der Waals surface area contributed by atoms with Gasteiger partial charge in [0.2, 0.25) is 0 Å². The number of amides is 1. The van der Waals surface area contributed by atoms with Crippen LogP contribution in [0.3, 0.4) is 0 Å². The van der Waals surface area contributed by atoms with Gasteiger partial charge in [0.25, 0.3) is 11.6 Å². The standard InChI is InChI=1S/C12H15FN2O4/c1-3-12(2,17)7-14-11(16)9-6-8(13)4-5-10(9)15(18)19/h4-6,17H,3,7H2,1-2H3,(H,14,16). The van der Waals surface area contributed by atoms with Crippen molar-refractivity contribution in [2.75, 3.05) is 6.54 Å². The van der Waals surface area contributed by atoms with Crippen LogP contribution < -0.4 is 5.32 Å². The van der Waals surface area contributed by atoms with Gasteiger partial charge in [-0.25, -0.2) is 4.39 Å². The van der Waals surface area contributed by atoms with E-state index in [0.29, 0.717) is 6.42 Å². The highest BCUT2D eigenvalue weighted by atomic mass is 19.1. The molecular weight excluding hydrogens is 255 g/mol. The maximum Gasteiger partial charge on any atom is 0.282 e. The molecule has 0 aromatic heterocycles. The van der Waals surface area contributed by atoms with Crippen molar-refractivity contribution in [1.29, 1.82) is 0 Å². The molecule has 0 bridgehead atoms. The molecule has 0 heterocycles. The Morgan fingerprint density at radius 2 is 2.21 bits per heavy atom. The number of nitrogens with zero attached hydrogens (tertiary/aromatic N) is 1. The molecule has 1 aromatic carbocycles. The van der Waals surface area contributed by atoms with Crippen molar-refractivity contribution in [2.24, 2.45) is 0 Å². The van der Waals surface area contributed by atoms with E-state index >= 15 is 0 Å². The smallest absolute Gasteiger partial charge is 0.282 e. The van der Waals surface area contributed by atoms with Crippen molar-refractivity contribution in [2.45, 2.75) is 25.9 Å².